The van der Waals surface area contributed by atoms with Gasteiger partial charge < -0.3 is 15.0 Å². The van der Waals surface area contributed by atoms with E-state index in [9.17, 15) is 0 Å². The van der Waals surface area contributed by atoms with Crippen molar-refractivity contribution in [2.45, 2.75) is 32.7 Å². The van der Waals surface area contributed by atoms with E-state index in [2.05, 4.69) is 36.3 Å². The molecule has 1 aromatic heterocycles. The molecule has 0 bridgehead atoms. The third kappa shape index (κ3) is 2.85. The van der Waals surface area contributed by atoms with Crippen molar-refractivity contribution in [3.63, 3.8) is 0 Å². The molecule has 0 aliphatic carbocycles. The zero-order valence-electron chi connectivity index (χ0n) is 12.7. The van der Waals surface area contributed by atoms with Gasteiger partial charge in [-0.05, 0) is 37.6 Å². The van der Waals surface area contributed by atoms with Gasteiger partial charge in [0.15, 0.2) is 0 Å². The van der Waals surface area contributed by atoms with E-state index in [1.807, 2.05) is 19.2 Å². The van der Waals surface area contributed by atoms with Crippen molar-refractivity contribution in [1.82, 2.24) is 15.3 Å². The fraction of sp³-hybridized carbons (Fsp3) is 0.438. The fourth-order valence-electron chi connectivity index (χ4n) is 2.45. The number of aromatic nitrogens is 2. The number of rotatable bonds is 6. The Kier molecular flexibility index (Phi) is 4.79. The molecule has 0 aliphatic heterocycles. The van der Waals surface area contributed by atoms with Gasteiger partial charge in [-0.3, -0.25) is 0 Å². The second-order valence-electron chi connectivity index (χ2n) is 4.75. The Labute approximate surface area is 120 Å². The molecule has 0 radical (unpaired) electrons. The molecule has 1 unspecified atom stereocenters. The Balaban J connectivity index is 2.33. The van der Waals surface area contributed by atoms with Crippen LogP contribution in [0, 0.1) is 0 Å². The largest absolute Gasteiger partial charge is 0.497 e. The second kappa shape index (κ2) is 6.57. The molecule has 0 fully saturated rings. The predicted octanol–water partition coefficient (Wildman–Crippen LogP) is 2.85. The molecule has 4 nitrogen and oxygen atoms in total. The molecule has 2 aromatic rings. The number of hydrogen-bond donors (Lipinski definition) is 2. The first kappa shape index (κ1) is 14.6. The van der Waals surface area contributed by atoms with Crippen LogP contribution in [0.1, 0.15) is 42.7 Å². The van der Waals surface area contributed by atoms with Crippen molar-refractivity contribution >= 4 is 0 Å². The molecule has 0 spiro atoms. The normalized spacial score (nSPS) is 12.4. The Morgan fingerprint density at radius 2 is 1.90 bits per heavy atom. The van der Waals surface area contributed by atoms with Crippen LogP contribution in [0.4, 0.5) is 0 Å². The van der Waals surface area contributed by atoms with Crippen LogP contribution in [0.15, 0.2) is 24.3 Å². The van der Waals surface area contributed by atoms with Crippen LogP contribution in [0.25, 0.3) is 0 Å². The molecule has 0 amide bonds. The Morgan fingerprint density at radius 1 is 1.20 bits per heavy atom. The predicted molar refractivity (Wildman–Crippen MR) is 81.2 cm³/mol. The van der Waals surface area contributed by atoms with Crippen LogP contribution >= 0.6 is 0 Å². The summed E-state index contributed by atoms with van der Waals surface area (Å²) in [4.78, 5) is 8.20. The molecule has 1 heterocycles. The third-order valence-corrected chi connectivity index (χ3v) is 3.58. The van der Waals surface area contributed by atoms with E-state index >= 15 is 0 Å². The number of methoxy groups -OCH3 is 1. The summed E-state index contributed by atoms with van der Waals surface area (Å²) < 4.78 is 5.20. The average Bonchev–Trinajstić information content (AvgIpc) is 2.92. The van der Waals surface area contributed by atoms with Crippen LogP contribution < -0.4 is 10.1 Å². The number of aromatic amines is 1. The van der Waals surface area contributed by atoms with Crippen molar-refractivity contribution in [1.29, 1.82) is 0 Å². The summed E-state index contributed by atoms with van der Waals surface area (Å²) in [5, 5.41) is 3.33. The molecule has 0 saturated carbocycles. The van der Waals surface area contributed by atoms with Crippen molar-refractivity contribution in [3.05, 3.63) is 47.0 Å². The molecular weight excluding hydrogens is 250 g/mol. The SMILES string of the molecule is CCc1nc(C(NC)c2ccc(OC)cc2)[nH]c1CC. The lowest BCUT2D eigenvalue weighted by molar-refractivity contribution is 0.414. The summed E-state index contributed by atoms with van der Waals surface area (Å²) in [6.45, 7) is 4.29. The van der Waals surface area contributed by atoms with Gasteiger partial charge in [-0.25, -0.2) is 4.98 Å². The van der Waals surface area contributed by atoms with Crippen LogP contribution in [0.3, 0.4) is 0 Å². The van der Waals surface area contributed by atoms with Crippen molar-refractivity contribution in [2.24, 2.45) is 0 Å². The smallest absolute Gasteiger partial charge is 0.128 e. The minimum Gasteiger partial charge on any atom is -0.497 e. The number of benzene rings is 1. The number of nitrogens with one attached hydrogen (secondary N) is 2. The molecule has 1 aromatic carbocycles. The Bertz CT molecular complexity index is 524. The van der Waals surface area contributed by atoms with Gasteiger partial charge in [-0.15, -0.1) is 0 Å². The second-order valence-corrected chi connectivity index (χ2v) is 4.75. The Morgan fingerprint density at radius 3 is 2.35 bits per heavy atom. The molecule has 2 rings (SSSR count). The van der Waals surface area contributed by atoms with Gasteiger partial charge in [-0.1, -0.05) is 26.0 Å². The van der Waals surface area contributed by atoms with Gasteiger partial charge in [0.25, 0.3) is 0 Å². The third-order valence-electron chi connectivity index (χ3n) is 3.58. The molecule has 0 saturated heterocycles. The number of aryl methyl sites for hydroxylation is 2. The number of imidazole rings is 1. The lowest BCUT2D eigenvalue weighted by Gasteiger charge is -2.14. The maximum absolute atomic E-state index is 5.20. The number of ether oxygens (including phenoxy) is 1. The van der Waals surface area contributed by atoms with E-state index in [4.69, 9.17) is 9.72 Å². The van der Waals surface area contributed by atoms with Gasteiger partial charge in [0.1, 0.15) is 11.6 Å². The minimum absolute atomic E-state index is 0.0755. The molecule has 4 heteroatoms. The molecule has 1 atom stereocenters. The van der Waals surface area contributed by atoms with E-state index in [1.165, 1.54) is 11.3 Å². The van der Waals surface area contributed by atoms with E-state index in [1.54, 1.807) is 7.11 Å². The average molecular weight is 273 g/mol. The minimum atomic E-state index is 0.0755. The maximum atomic E-state index is 5.20. The van der Waals surface area contributed by atoms with Gasteiger partial charge >= 0.3 is 0 Å². The summed E-state index contributed by atoms with van der Waals surface area (Å²) in [6, 6.07) is 8.17. The zero-order chi connectivity index (χ0) is 14.5. The maximum Gasteiger partial charge on any atom is 0.128 e. The number of H-pyrrole nitrogens is 1. The number of hydrogen-bond acceptors (Lipinski definition) is 3. The van der Waals surface area contributed by atoms with Crippen molar-refractivity contribution < 1.29 is 4.74 Å². The molecule has 2 N–H and O–H groups in total. The topological polar surface area (TPSA) is 49.9 Å². The van der Waals surface area contributed by atoms with Gasteiger partial charge in [0, 0.05) is 5.69 Å². The molecular formula is C16H23N3O. The van der Waals surface area contributed by atoms with Gasteiger partial charge in [0.05, 0.1) is 18.8 Å². The van der Waals surface area contributed by atoms with Crippen molar-refractivity contribution in [3.8, 4) is 5.75 Å². The summed E-state index contributed by atoms with van der Waals surface area (Å²) in [5.41, 5.74) is 3.57. The first-order valence-electron chi connectivity index (χ1n) is 7.12. The van der Waals surface area contributed by atoms with E-state index in [0.29, 0.717) is 0 Å². The van der Waals surface area contributed by atoms with E-state index in [0.717, 1.165) is 30.1 Å². The first-order valence-corrected chi connectivity index (χ1v) is 7.12. The van der Waals surface area contributed by atoms with E-state index < -0.39 is 0 Å². The highest BCUT2D eigenvalue weighted by Gasteiger charge is 2.17. The molecule has 20 heavy (non-hydrogen) atoms. The zero-order valence-corrected chi connectivity index (χ0v) is 12.7. The summed E-state index contributed by atoms with van der Waals surface area (Å²) >= 11 is 0. The highest BCUT2D eigenvalue weighted by Crippen LogP contribution is 2.23. The first-order chi connectivity index (χ1) is 9.73. The number of nitrogens with zero attached hydrogens (tertiary/aromatic N) is 1. The highest BCUT2D eigenvalue weighted by molar-refractivity contribution is 5.32. The van der Waals surface area contributed by atoms with Crippen LogP contribution in [0.2, 0.25) is 0 Å². The van der Waals surface area contributed by atoms with Gasteiger partial charge in [-0.2, -0.15) is 0 Å². The lowest BCUT2D eigenvalue weighted by Crippen LogP contribution is -2.19. The van der Waals surface area contributed by atoms with Crippen LogP contribution in [-0.4, -0.2) is 24.1 Å². The van der Waals surface area contributed by atoms with Crippen molar-refractivity contribution in [2.75, 3.05) is 14.2 Å². The van der Waals surface area contributed by atoms with E-state index in [-0.39, 0.29) is 6.04 Å². The van der Waals surface area contributed by atoms with Crippen LogP contribution in [0.5, 0.6) is 5.75 Å². The monoisotopic (exact) mass is 273 g/mol. The molecule has 0 aliphatic rings. The van der Waals surface area contributed by atoms with Crippen LogP contribution in [-0.2, 0) is 12.8 Å². The quantitative estimate of drug-likeness (QED) is 0.851. The summed E-state index contributed by atoms with van der Waals surface area (Å²) in [7, 11) is 3.63. The standard InChI is InChI=1S/C16H23N3O/c1-5-13-14(6-2)19-16(18-13)15(17-3)11-7-9-12(20-4)10-8-11/h7-10,15,17H,5-6H2,1-4H3,(H,18,19). The Hall–Kier alpha value is -1.81. The highest BCUT2D eigenvalue weighted by atomic mass is 16.5. The van der Waals surface area contributed by atoms with Gasteiger partial charge in [0.2, 0.25) is 0 Å². The summed E-state index contributed by atoms with van der Waals surface area (Å²) in [5.74, 6) is 1.85. The lowest BCUT2D eigenvalue weighted by atomic mass is 10.1. The summed E-state index contributed by atoms with van der Waals surface area (Å²) in [6.07, 6.45) is 1.94. The fourth-order valence-corrected chi connectivity index (χ4v) is 2.45. The molecule has 108 valence electrons.